The molecule has 1 unspecified atom stereocenters. The van der Waals surface area contributed by atoms with Crippen molar-refractivity contribution in [3.63, 3.8) is 0 Å². The Hall–Kier alpha value is -2.47. The van der Waals surface area contributed by atoms with Gasteiger partial charge in [-0.05, 0) is 11.1 Å². The summed E-state index contributed by atoms with van der Waals surface area (Å²) in [5.74, 6) is 1.37. The number of fused-ring (bicyclic) bond motifs is 1. The number of benzene rings is 2. The number of hydrogen-bond acceptors (Lipinski definition) is 9. The topological polar surface area (TPSA) is 114 Å². The van der Waals surface area contributed by atoms with Gasteiger partial charge >= 0.3 is 0 Å². The van der Waals surface area contributed by atoms with E-state index in [9.17, 15) is 15.3 Å². The van der Waals surface area contributed by atoms with Gasteiger partial charge in [0, 0.05) is 11.5 Å². The molecule has 0 aliphatic carbocycles. The van der Waals surface area contributed by atoms with Crippen LogP contribution in [0.4, 0.5) is 0 Å². The quantitative estimate of drug-likeness (QED) is 0.250. The Bertz CT molecular complexity index is 1240. The van der Waals surface area contributed by atoms with E-state index < -0.39 is 31.1 Å². The number of hydrogen-bond donors (Lipinski definition) is 3. The number of aliphatic hydroxyl groups is 3. The van der Waals surface area contributed by atoms with Gasteiger partial charge in [0.05, 0.1) is 6.61 Å². The summed E-state index contributed by atoms with van der Waals surface area (Å²) in [5.41, 5.74) is 3.41. The molecule has 4 aromatic rings. The van der Waals surface area contributed by atoms with E-state index in [1.807, 2.05) is 48.5 Å². The summed E-state index contributed by atoms with van der Waals surface area (Å²) in [5, 5.41) is 32.0. The van der Waals surface area contributed by atoms with Gasteiger partial charge < -0.3 is 20.1 Å². The molecule has 0 bridgehead atoms. The Balaban J connectivity index is 1.52. The smallest absolute Gasteiger partial charge is 0.172 e. The Kier molecular flexibility index (Phi) is 7.14. The maximum atomic E-state index is 10.7. The summed E-state index contributed by atoms with van der Waals surface area (Å²) in [6.07, 6.45) is -2.80. The average Bonchev–Trinajstić information content (AvgIpc) is 3.39. The normalized spacial score (nSPS) is 22.4. The van der Waals surface area contributed by atoms with E-state index in [4.69, 9.17) is 9.72 Å². The summed E-state index contributed by atoms with van der Waals surface area (Å²) >= 11 is 3.05. The monoisotopic (exact) mass is 496 g/mol. The molecular weight excluding hydrogens is 472 g/mol. The lowest BCUT2D eigenvalue weighted by Gasteiger charge is -2.19. The molecule has 3 heterocycles. The van der Waals surface area contributed by atoms with Crippen LogP contribution >= 0.6 is 23.5 Å². The first-order chi connectivity index (χ1) is 16.7. The van der Waals surface area contributed by atoms with Gasteiger partial charge in [0.1, 0.15) is 35.2 Å². The first kappa shape index (κ1) is 23.3. The first-order valence-electron chi connectivity index (χ1n) is 10.8. The molecule has 10 heteroatoms. The predicted molar refractivity (Wildman–Crippen MR) is 130 cm³/mol. The third-order valence-electron chi connectivity index (χ3n) is 5.61. The maximum absolute atomic E-state index is 10.7. The minimum absolute atomic E-state index is 0.402. The van der Waals surface area contributed by atoms with Gasteiger partial charge in [-0.3, -0.25) is 4.57 Å². The molecule has 1 aliphatic rings. The fraction of sp³-hybridized carbons (Fsp3) is 0.292. The second kappa shape index (κ2) is 10.4. The van der Waals surface area contributed by atoms with Crippen LogP contribution < -0.4 is 0 Å². The van der Waals surface area contributed by atoms with E-state index in [1.54, 1.807) is 16.3 Å². The summed E-state index contributed by atoms with van der Waals surface area (Å²) in [6, 6.07) is 20.1. The summed E-state index contributed by atoms with van der Waals surface area (Å²) in [7, 11) is 0. The molecular formula is C24H24N4O4S2. The van der Waals surface area contributed by atoms with Gasteiger partial charge in [0.15, 0.2) is 17.0 Å². The number of imidazole rings is 1. The van der Waals surface area contributed by atoms with Crippen molar-refractivity contribution in [3.05, 3.63) is 78.1 Å². The van der Waals surface area contributed by atoms with Crippen LogP contribution in [-0.4, -0.2) is 59.8 Å². The van der Waals surface area contributed by atoms with Gasteiger partial charge in [0.25, 0.3) is 0 Å². The summed E-state index contributed by atoms with van der Waals surface area (Å²) in [4.78, 5) is 13.8. The Labute approximate surface area is 205 Å². The molecule has 0 radical (unpaired) electrons. The molecule has 3 N–H and O–H groups in total. The van der Waals surface area contributed by atoms with Crippen molar-refractivity contribution in [1.29, 1.82) is 0 Å². The van der Waals surface area contributed by atoms with Crippen LogP contribution in [0.15, 0.2) is 77.2 Å². The molecule has 0 amide bonds. The van der Waals surface area contributed by atoms with Crippen molar-refractivity contribution in [2.45, 2.75) is 46.2 Å². The maximum Gasteiger partial charge on any atom is 0.172 e. The molecule has 1 saturated heterocycles. The molecule has 1 fully saturated rings. The number of aromatic nitrogens is 4. The highest BCUT2D eigenvalue weighted by Gasteiger charge is 2.45. The van der Waals surface area contributed by atoms with Gasteiger partial charge in [-0.15, -0.1) is 0 Å². The SMILES string of the molecule is OC[C@H]1OC(n2c(SCc3ccccc3)nc3c(SCc4ccccc4)ncnc32)[C@H](O)[C@@H]1O. The number of thioether (sulfide) groups is 2. The Morgan fingerprint density at radius 3 is 2.12 bits per heavy atom. The van der Waals surface area contributed by atoms with Crippen LogP contribution in [0.1, 0.15) is 17.4 Å². The minimum atomic E-state index is -1.24. The molecule has 34 heavy (non-hydrogen) atoms. The van der Waals surface area contributed by atoms with Crippen molar-refractivity contribution in [2.24, 2.45) is 0 Å². The zero-order valence-electron chi connectivity index (χ0n) is 18.1. The van der Waals surface area contributed by atoms with E-state index in [0.717, 1.165) is 16.3 Å². The second-order valence-corrected chi connectivity index (χ2v) is 9.80. The molecule has 5 rings (SSSR count). The van der Waals surface area contributed by atoms with Crippen LogP contribution in [0.2, 0.25) is 0 Å². The number of rotatable bonds is 8. The second-order valence-electron chi connectivity index (χ2n) is 7.89. The number of nitrogens with zero attached hydrogens (tertiary/aromatic N) is 4. The van der Waals surface area contributed by atoms with Crippen LogP contribution in [0.3, 0.4) is 0 Å². The molecule has 2 aromatic carbocycles. The molecule has 0 spiro atoms. The lowest BCUT2D eigenvalue weighted by Crippen LogP contribution is -2.33. The molecule has 4 atom stereocenters. The molecule has 8 nitrogen and oxygen atoms in total. The van der Waals surface area contributed by atoms with Crippen molar-refractivity contribution < 1.29 is 20.1 Å². The van der Waals surface area contributed by atoms with Gasteiger partial charge in [0.2, 0.25) is 0 Å². The highest BCUT2D eigenvalue weighted by atomic mass is 32.2. The third kappa shape index (κ3) is 4.70. The fourth-order valence-corrected chi connectivity index (χ4v) is 5.71. The Morgan fingerprint density at radius 2 is 1.50 bits per heavy atom. The number of aliphatic hydroxyl groups excluding tert-OH is 3. The minimum Gasteiger partial charge on any atom is -0.394 e. The van der Waals surface area contributed by atoms with Crippen molar-refractivity contribution >= 4 is 34.7 Å². The van der Waals surface area contributed by atoms with Crippen LogP contribution in [0.25, 0.3) is 11.2 Å². The number of ether oxygens (including phenoxy) is 1. The van der Waals surface area contributed by atoms with Crippen molar-refractivity contribution in [2.75, 3.05) is 6.61 Å². The predicted octanol–water partition coefficient (Wildman–Crippen LogP) is 3.02. The van der Waals surface area contributed by atoms with Crippen molar-refractivity contribution in [3.8, 4) is 0 Å². The van der Waals surface area contributed by atoms with E-state index >= 15 is 0 Å². The standard InChI is InChI=1S/C24H24N4O4S2/c29-11-17-19(30)20(31)23(32-17)28-21-18(27-24(28)34-13-16-9-5-2-6-10-16)22(26-14-25-21)33-12-15-7-3-1-4-8-15/h1-10,14,17,19-20,23,29-31H,11-13H2/t17-,19-,20-,23?/m1/s1. The van der Waals surface area contributed by atoms with E-state index in [-0.39, 0.29) is 0 Å². The fourth-order valence-electron chi connectivity index (χ4n) is 3.85. The molecule has 0 saturated carbocycles. The molecule has 1 aliphatic heterocycles. The first-order valence-corrected chi connectivity index (χ1v) is 12.8. The highest BCUT2D eigenvalue weighted by molar-refractivity contribution is 7.98. The lowest BCUT2D eigenvalue weighted by atomic mass is 10.1. The van der Waals surface area contributed by atoms with E-state index in [1.165, 1.54) is 23.7 Å². The third-order valence-corrected chi connectivity index (χ3v) is 7.69. The van der Waals surface area contributed by atoms with Crippen LogP contribution in [-0.2, 0) is 16.2 Å². The lowest BCUT2D eigenvalue weighted by molar-refractivity contribution is -0.0548. The van der Waals surface area contributed by atoms with Gasteiger partial charge in [-0.2, -0.15) is 0 Å². The van der Waals surface area contributed by atoms with Crippen molar-refractivity contribution in [1.82, 2.24) is 19.5 Å². The molecule has 176 valence electrons. The van der Waals surface area contributed by atoms with Gasteiger partial charge in [-0.1, -0.05) is 84.2 Å². The van der Waals surface area contributed by atoms with E-state index in [0.29, 0.717) is 22.1 Å². The zero-order chi connectivity index (χ0) is 23.5. The molecule has 2 aromatic heterocycles. The average molecular weight is 497 g/mol. The van der Waals surface area contributed by atoms with Crippen LogP contribution in [0.5, 0.6) is 0 Å². The van der Waals surface area contributed by atoms with Crippen LogP contribution in [0, 0.1) is 0 Å². The van der Waals surface area contributed by atoms with Gasteiger partial charge in [-0.25, -0.2) is 15.0 Å². The Morgan fingerprint density at radius 1 is 0.853 bits per heavy atom. The summed E-state index contributed by atoms with van der Waals surface area (Å²) in [6.45, 7) is -0.402. The highest BCUT2D eigenvalue weighted by Crippen LogP contribution is 2.38. The van der Waals surface area contributed by atoms with E-state index in [2.05, 4.69) is 22.1 Å². The zero-order valence-corrected chi connectivity index (χ0v) is 19.8. The summed E-state index contributed by atoms with van der Waals surface area (Å²) < 4.78 is 7.55. The largest absolute Gasteiger partial charge is 0.394 e.